The zero-order valence-electron chi connectivity index (χ0n) is 6.73. The number of aromatic nitrogens is 4. The van der Waals surface area contributed by atoms with Crippen LogP contribution < -0.4 is 0 Å². The number of hydrogen-bond acceptors (Lipinski definition) is 4. The molecule has 12 heavy (non-hydrogen) atoms. The SMILES string of the molecule is CC1CC(n2[nH]nnc2=S)CO1. The Kier molecular flexibility index (Phi) is 1.93. The lowest BCUT2D eigenvalue weighted by Gasteiger charge is -2.05. The van der Waals surface area contributed by atoms with Gasteiger partial charge in [0, 0.05) is 0 Å². The third-order valence-corrected chi connectivity index (χ3v) is 2.31. The highest BCUT2D eigenvalue weighted by molar-refractivity contribution is 7.71. The molecule has 0 bridgehead atoms. The first-order valence-corrected chi connectivity index (χ1v) is 4.29. The van der Waals surface area contributed by atoms with E-state index in [-0.39, 0.29) is 6.04 Å². The summed E-state index contributed by atoms with van der Waals surface area (Å²) in [4.78, 5) is 0. The zero-order valence-corrected chi connectivity index (χ0v) is 7.54. The van der Waals surface area contributed by atoms with Crippen molar-refractivity contribution in [2.24, 2.45) is 0 Å². The van der Waals surface area contributed by atoms with Crippen molar-refractivity contribution in [3.05, 3.63) is 4.77 Å². The fourth-order valence-corrected chi connectivity index (χ4v) is 1.65. The quantitative estimate of drug-likeness (QED) is 0.655. The lowest BCUT2D eigenvalue weighted by molar-refractivity contribution is 0.119. The molecule has 0 spiro atoms. The molecule has 2 unspecified atom stereocenters. The van der Waals surface area contributed by atoms with E-state index in [9.17, 15) is 0 Å². The summed E-state index contributed by atoms with van der Waals surface area (Å²) >= 11 is 4.96. The Labute approximate surface area is 74.7 Å². The van der Waals surface area contributed by atoms with Crippen molar-refractivity contribution in [3.8, 4) is 0 Å². The minimum atomic E-state index is 0.280. The Balaban J connectivity index is 2.21. The van der Waals surface area contributed by atoms with E-state index < -0.39 is 0 Å². The lowest BCUT2D eigenvalue weighted by Crippen LogP contribution is -2.10. The van der Waals surface area contributed by atoms with Crippen LogP contribution in [0.1, 0.15) is 19.4 Å². The molecule has 1 saturated heterocycles. The molecule has 6 heteroatoms. The number of aromatic amines is 1. The molecule has 1 aromatic heterocycles. The van der Waals surface area contributed by atoms with Crippen LogP contribution in [0.3, 0.4) is 0 Å². The average molecular weight is 186 g/mol. The fraction of sp³-hybridized carbons (Fsp3) is 0.833. The van der Waals surface area contributed by atoms with Gasteiger partial charge in [-0.05, 0) is 25.6 Å². The van der Waals surface area contributed by atoms with Gasteiger partial charge in [-0.15, -0.1) is 0 Å². The molecule has 1 aromatic rings. The van der Waals surface area contributed by atoms with Crippen LogP contribution in [0.4, 0.5) is 0 Å². The van der Waals surface area contributed by atoms with Crippen LogP contribution in [-0.4, -0.2) is 32.9 Å². The third-order valence-electron chi connectivity index (χ3n) is 2.04. The molecule has 1 aliphatic rings. The van der Waals surface area contributed by atoms with Crippen LogP contribution >= 0.6 is 12.2 Å². The molecular formula is C6H10N4OS. The first kappa shape index (κ1) is 7.88. The molecule has 1 aliphatic heterocycles. The molecule has 5 nitrogen and oxygen atoms in total. The first-order valence-electron chi connectivity index (χ1n) is 3.88. The van der Waals surface area contributed by atoms with Gasteiger partial charge >= 0.3 is 0 Å². The van der Waals surface area contributed by atoms with Gasteiger partial charge in [0.1, 0.15) is 0 Å². The summed E-state index contributed by atoms with van der Waals surface area (Å²) in [5, 5.41) is 10.1. The van der Waals surface area contributed by atoms with E-state index in [1.54, 1.807) is 4.68 Å². The summed E-state index contributed by atoms with van der Waals surface area (Å²) in [5.41, 5.74) is 0. The number of tetrazole rings is 1. The summed E-state index contributed by atoms with van der Waals surface area (Å²) < 4.78 is 7.68. The molecule has 1 N–H and O–H groups in total. The van der Waals surface area contributed by atoms with Crippen LogP contribution in [0, 0.1) is 4.77 Å². The third kappa shape index (κ3) is 1.27. The molecule has 0 saturated carbocycles. The van der Waals surface area contributed by atoms with E-state index in [4.69, 9.17) is 17.0 Å². The smallest absolute Gasteiger partial charge is 0.238 e. The summed E-state index contributed by atoms with van der Waals surface area (Å²) in [6.07, 6.45) is 1.28. The highest BCUT2D eigenvalue weighted by atomic mass is 32.1. The predicted octanol–water partition coefficient (Wildman–Crippen LogP) is 0.686. The van der Waals surface area contributed by atoms with Gasteiger partial charge in [0.05, 0.1) is 18.8 Å². The van der Waals surface area contributed by atoms with Crippen molar-refractivity contribution in [1.82, 2.24) is 20.2 Å². The molecule has 0 radical (unpaired) electrons. The minimum absolute atomic E-state index is 0.280. The molecule has 2 heterocycles. The Bertz CT molecular complexity index is 319. The van der Waals surface area contributed by atoms with Crippen LogP contribution in [0.25, 0.3) is 0 Å². The molecule has 1 fully saturated rings. The maximum atomic E-state index is 5.40. The first-order chi connectivity index (χ1) is 5.77. The molecule has 66 valence electrons. The van der Waals surface area contributed by atoms with Crippen LogP contribution in [0.5, 0.6) is 0 Å². The fourth-order valence-electron chi connectivity index (χ4n) is 1.42. The largest absolute Gasteiger partial charge is 0.376 e. The Morgan fingerprint density at radius 1 is 1.75 bits per heavy atom. The standard InChI is InChI=1S/C6H10N4OS/c1-4-2-5(3-11-4)10-6(12)7-8-9-10/h4-5H,2-3H2,1H3,(H,7,9,12). The topological polar surface area (TPSA) is 55.7 Å². The highest BCUT2D eigenvalue weighted by Gasteiger charge is 2.24. The summed E-state index contributed by atoms with van der Waals surface area (Å²) in [7, 11) is 0. The molecule has 2 atom stereocenters. The average Bonchev–Trinajstić information content (AvgIpc) is 2.58. The van der Waals surface area contributed by atoms with Gasteiger partial charge in [-0.3, -0.25) is 0 Å². The maximum Gasteiger partial charge on any atom is 0.238 e. The Morgan fingerprint density at radius 3 is 3.08 bits per heavy atom. The highest BCUT2D eigenvalue weighted by Crippen LogP contribution is 2.22. The molecule has 0 aromatic carbocycles. The van der Waals surface area contributed by atoms with Crippen molar-refractivity contribution < 1.29 is 4.74 Å². The van der Waals surface area contributed by atoms with Gasteiger partial charge in [-0.1, -0.05) is 10.3 Å². The van der Waals surface area contributed by atoms with Crippen molar-refractivity contribution in [2.75, 3.05) is 6.61 Å². The minimum Gasteiger partial charge on any atom is -0.376 e. The van der Waals surface area contributed by atoms with E-state index in [1.165, 1.54) is 0 Å². The van der Waals surface area contributed by atoms with Crippen LogP contribution in [-0.2, 0) is 4.74 Å². The predicted molar refractivity (Wildman–Crippen MR) is 44.3 cm³/mol. The van der Waals surface area contributed by atoms with Gasteiger partial charge in [-0.2, -0.15) is 5.21 Å². The Morgan fingerprint density at radius 2 is 2.58 bits per heavy atom. The van der Waals surface area contributed by atoms with E-state index in [2.05, 4.69) is 15.5 Å². The van der Waals surface area contributed by atoms with Crippen LogP contribution in [0.2, 0.25) is 0 Å². The van der Waals surface area contributed by atoms with Crippen LogP contribution in [0.15, 0.2) is 0 Å². The molecule has 0 amide bonds. The number of nitrogens with one attached hydrogen (secondary N) is 1. The van der Waals surface area contributed by atoms with E-state index in [0.29, 0.717) is 17.5 Å². The molecular weight excluding hydrogens is 176 g/mol. The lowest BCUT2D eigenvalue weighted by atomic mass is 10.2. The summed E-state index contributed by atoms with van der Waals surface area (Å²) in [5.74, 6) is 0. The van der Waals surface area contributed by atoms with E-state index >= 15 is 0 Å². The number of H-pyrrole nitrogens is 1. The van der Waals surface area contributed by atoms with Gasteiger partial charge in [0.2, 0.25) is 4.77 Å². The summed E-state index contributed by atoms with van der Waals surface area (Å²) in [6.45, 7) is 2.74. The second-order valence-electron chi connectivity index (χ2n) is 2.99. The van der Waals surface area contributed by atoms with Gasteiger partial charge in [0.15, 0.2) is 0 Å². The molecule has 0 aliphatic carbocycles. The van der Waals surface area contributed by atoms with Gasteiger partial charge in [0.25, 0.3) is 0 Å². The van der Waals surface area contributed by atoms with Crippen molar-refractivity contribution in [2.45, 2.75) is 25.5 Å². The summed E-state index contributed by atoms with van der Waals surface area (Å²) in [6, 6.07) is 0.280. The maximum absolute atomic E-state index is 5.40. The monoisotopic (exact) mass is 186 g/mol. The van der Waals surface area contributed by atoms with Crippen molar-refractivity contribution in [1.29, 1.82) is 0 Å². The number of rotatable bonds is 1. The number of nitrogens with zero attached hydrogens (tertiary/aromatic N) is 3. The van der Waals surface area contributed by atoms with Crippen molar-refractivity contribution in [3.63, 3.8) is 0 Å². The second kappa shape index (κ2) is 2.95. The van der Waals surface area contributed by atoms with E-state index in [1.807, 2.05) is 6.92 Å². The number of ether oxygens (including phenoxy) is 1. The van der Waals surface area contributed by atoms with E-state index in [0.717, 1.165) is 6.42 Å². The normalized spacial score (nSPS) is 29.4. The van der Waals surface area contributed by atoms with Crippen molar-refractivity contribution >= 4 is 12.2 Å². The zero-order chi connectivity index (χ0) is 8.55. The number of hydrogen-bond donors (Lipinski definition) is 1. The van der Waals surface area contributed by atoms with Gasteiger partial charge < -0.3 is 4.74 Å². The molecule has 2 rings (SSSR count). The van der Waals surface area contributed by atoms with Gasteiger partial charge in [-0.25, -0.2) is 4.68 Å². The Hall–Kier alpha value is -0.750. The second-order valence-corrected chi connectivity index (χ2v) is 3.35.